The van der Waals surface area contributed by atoms with Crippen molar-refractivity contribution in [1.82, 2.24) is 4.90 Å². The van der Waals surface area contributed by atoms with E-state index in [1.165, 1.54) is 18.1 Å². The number of hydrogen-bond acceptors (Lipinski definition) is 4. The molecule has 1 aromatic carbocycles. The number of piperidine rings is 1. The van der Waals surface area contributed by atoms with Gasteiger partial charge in [0.1, 0.15) is 5.75 Å². The van der Waals surface area contributed by atoms with Crippen molar-refractivity contribution in [3.8, 4) is 5.75 Å². The van der Waals surface area contributed by atoms with E-state index in [1.54, 1.807) is 6.07 Å². The molecule has 1 saturated carbocycles. The maximum absolute atomic E-state index is 13.4. The summed E-state index contributed by atoms with van der Waals surface area (Å²) in [4.78, 5) is 26.9. The van der Waals surface area contributed by atoms with Crippen LogP contribution in [0.4, 0.5) is 0 Å². The van der Waals surface area contributed by atoms with Crippen LogP contribution in [0.15, 0.2) is 18.2 Å². The van der Waals surface area contributed by atoms with Crippen molar-refractivity contribution >= 4 is 11.9 Å². The molecule has 4 rings (SSSR count). The van der Waals surface area contributed by atoms with E-state index >= 15 is 0 Å². The number of carbonyl (C=O) groups excluding carboxylic acids is 2. The van der Waals surface area contributed by atoms with Gasteiger partial charge in [-0.2, -0.15) is 0 Å². The fourth-order valence-corrected chi connectivity index (χ4v) is 5.82. The van der Waals surface area contributed by atoms with Gasteiger partial charge < -0.3 is 14.7 Å². The lowest BCUT2D eigenvalue weighted by Crippen LogP contribution is -2.67. The first-order valence-electron chi connectivity index (χ1n) is 10.00. The Morgan fingerprint density at radius 3 is 2.56 bits per heavy atom. The Kier molecular flexibility index (Phi) is 3.89. The lowest BCUT2D eigenvalue weighted by Gasteiger charge is -2.62. The van der Waals surface area contributed by atoms with Gasteiger partial charge in [0.2, 0.25) is 0 Å². The van der Waals surface area contributed by atoms with Crippen LogP contribution >= 0.6 is 0 Å². The summed E-state index contributed by atoms with van der Waals surface area (Å²) in [5.41, 5.74) is 1.32. The molecule has 27 heavy (non-hydrogen) atoms. The Balaban J connectivity index is 1.75. The second-order valence-electron chi connectivity index (χ2n) is 9.06. The van der Waals surface area contributed by atoms with E-state index in [1.807, 2.05) is 17.0 Å². The number of benzene rings is 1. The van der Waals surface area contributed by atoms with Crippen LogP contribution < -0.4 is 0 Å². The van der Waals surface area contributed by atoms with Gasteiger partial charge >= 0.3 is 5.97 Å². The Morgan fingerprint density at radius 2 is 1.96 bits per heavy atom. The van der Waals surface area contributed by atoms with Crippen molar-refractivity contribution in [3.63, 3.8) is 0 Å². The molecule has 2 fully saturated rings. The molecule has 0 aromatic heterocycles. The molecule has 1 N–H and O–H groups in total. The highest BCUT2D eigenvalue weighted by atomic mass is 16.6. The summed E-state index contributed by atoms with van der Waals surface area (Å²) < 4.78 is 5.44. The van der Waals surface area contributed by atoms with Crippen molar-refractivity contribution in [2.45, 2.75) is 76.9 Å². The summed E-state index contributed by atoms with van der Waals surface area (Å²) in [6.45, 7) is 8.74. The van der Waals surface area contributed by atoms with E-state index in [9.17, 15) is 14.7 Å². The summed E-state index contributed by atoms with van der Waals surface area (Å²) in [7, 11) is 0. The van der Waals surface area contributed by atoms with Crippen molar-refractivity contribution in [3.05, 3.63) is 29.3 Å². The number of carbonyl (C=O) groups is 2. The molecule has 0 spiro atoms. The van der Waals surface area contributed by atoms with Crippen LogP contribution in [0.3, 0.4) is 0 Å². The van der Waals surface area contributed by atoms with Gasteiger partial charge in [-0.15, -0.1) is 0 Å². The lowest BCUT2D eigenvalue weighted by atomic mass is 9.49. The molecule has 0 radical (unpaired) electrons. The molecule has 2 bridgehead atoms. The van der Waals surface area contributed by atoms with Crippen LogP contribution in [-0.2, 0) is 26.2 Å². The third-order valence-electron chi connectivity index (χ3n) is 7.54. The molecule has 1 heterocycles. The Hall–Kier alpha value is -2.04. The van der Waals surface area contributed by atoms with E-state index in [-0.39, 0.29) is 28.7 Å². The highest BCUT2D eigenvalue weighted by molar-refractivity contribution is 5.91. The summed E-state index contributed by atoms with van der Waals surface area (Å²) >= 11 is 0. The van der Waals surface area contributed by atoms with E-state index < -0.39 is 5.60 Å². The maximum Gasteiger partial charge on any atom is 0.303 e. The molecule has 1 aliphatic heterocycles. The van der Waals surface area contributed by atoms with Crippen LogP contribution in [-0.4, -0.2) is 40.1 Å². The van der Waals surface area contributed by atoms with E-state index in [4.69, 9.17) is 4.74 Å². The monoisotopic (exact) mass is 371 g/mol. The lowest BCUT2D eigenvalue weighted by molar-refractivity contribution is -0.169. The molecule has 3 aliphatic rings. The number of fused-ring (bicyclic) bond motifs is 4. The smallest absolute Gasteiger partial charge is 0.303 e. The summed E-state index contributed by atoms with van der Waals surface area (Å²) in [6, 6.07) is 5.73. The van der Waals surface area contributed by atoms with Crippen LogP contribution in [0, 0.1) is 5.41 Å². The van der Waals surface area contributed by atoms with Crippen LogP contribution in [0.1, 0.15) is 64.5 Å². The highest BCUT2D eigenvalue weighted by Crippen LogP contribution is 2.59. The predicted molar refractivity (Wildman–Crippen MR) is 101 cm³/mol. The van der Waals surface area contributed by atoms with Crippen LogP contribution in [0.5, 0.6) is 5.75 Å². The average Bonchev–Trinajstić information content (AvgIpc) is 3.35. The first-order valence-corrected chi connectivity index (χ1v) is 10.00. The van der Waals surface area contributed by atoms with Gasteiger partial charge in [0.05, 0.1) is 0 Å². The number of phenolic OH excluding ortho intramolecular Hbond substituents is 1. The second kappa shape index (κ2) is 5.73. The number of phenols is 1. The summed E-state index contributed by atoms with van der Waals surface area (Å²) in [5, 5.41) is 10.1. The fourth-order valence-electron chi connectivity index (χ4n) is 5.82. The number of likely N-dealkylation sites (tertiary alicyclic amines) is 1. The third-order valence-corrected chi connectivity index (χ3v) is 7.54. The molecular formula is C22H29NO4. The number of nitrogens with zero attached hydrogens (tertiary/aromatic N) is 1. The normalized spacial score (nSPS) is 29.6. The van der Waals surface area contributed by atoms with Gasteiger partial charge in [0.25, 0.3) is 5.91 Å². The number of rotatable bonds is 3. The van der Waals surface area contributed by atoms with E-state index in [0.717, 1.165) is 19.3 Å². The SMILES string of the molecule is CC[C@]12CCN(C(=O)C3(OC(C)=O)CC3)C(Cc3ccc(O)cc31)C2(C)C. The van der Waals surface area contributed by atoms with Crippen molar-refractivity contribution in [2.24, 2.45) is 5.41 Å². The molecule has 1 aromatic rings. The third kappa shape index (κ3) is 2.43. The van der Waals surface area contributed by atoms with Gasteiger partial charge in [0, 0.05) is 37.8 Å². The molecule has 2 atom stereocenters. The average molecular weight is 371 g/mol. The zero-order valence-corrected chi connectivity index (χ0v) is 16.7. The van der Waals surface area contributed by atoms with Crippen LogP contribution in [0.25, 0.3) is 0 Å². The Labute approximate surface area is 160 Å². The fraction of sp³-hybridized carbons (Fsp3) is 0.636. The summed E-state index contributed by atoms with van der Waals surface area (Å²) in [5.74, 6) is -0.103. The van der Waals surface area contributed by atoms with Gasteiger partial charge in [0.15, 0.2) is 5.60 Å². The number of ether oxygens (including phenoxy) is 1. The molecule has 1 unspecified atom stereocenters. The van der Waals surface area contributed by atoms with Gasteiger partial charge in [-0.25, -0.2) is 0 Å². The van der Waals surface area contributed by atoms with Gasteiger partial charge in [-0.3, -0.25) is 9.59 Å². The zero-order valence-electron chi connectivity index (χ0n) is 16.7. The molecule has 2 aliphatic carbocycles. The molecular weight excluding hydrogens is 342 g/mol. The maximum atomic E-state index is 13.4. The van der Waals surface area contributed by atoms with Gasteiger partial charge in [-0.05, 0) is 47.9 Å². The standard InChI is InChI=1S/C22H29NO4/c1-5-21-10-11-23(19(26)22(8-9-22)27-14(2)24)18(20(21,3)4)12-15-6-7-16(25)13-17(15)21/h6-7,13,18,25H,5,8-12H2,1-4H3/t18?,21-/m0/s1. The van der Waals surface area contributed by atoms with Crippen molar-refractivity contribution in [2.75, 3.05) is 6.54 Å². The predicted octanol–water partition coefficient (Wildman–Crippen LogP) is 3.32. The summed E-state index contributed by atoms with van der Waals surface area (Å²) in [6.07, 6.45) is 3.83. The van der Waals surface area contributed by atoms with E-state index in [0.29, 0.717) is 25.1 Å². The minimum Gasteiger partial charge on any atom is -0.508 e. The number of aromatic hydroxyl groups is 1. The Morgan fingerprint density at radius 1 is 1.26 bits per heavy atom. The molecule has 1 amide bonds. The minimum atomic E-state index is -0.927. The largest absolute Gasteiger partial charge is 0.508 e. The molecule has 5 heteroatoms. The highest BCUT2D eigenvalue weighted by Gasteiger charge is 2.63. The molecule has 146 valence electrons. The van der Waals surface area contributed by atoms with E-state index in [2.05, 4.69) is 20.8 Å². The number of esters is 1. The topological polar surface area (TPSA) is 66.8 Å². The van der Waals surface area contributed by atoms with Crippen LogP contribution in [0.2, 0.25) is 0 Å². The zero-order chi connectivity index (χ0) is 19.6. The van der Waals surface area contributed by atoms with Gasteiger partial charge in [-0.1, -0.05) is 26.8 Å². The second-order valence-corrected chi connectivity index (χ2v) is 9.06. The minimum absolute atomic E-state index is 0.0253. The first kappa shape index (κ1) is 18.3. The first-order chi connectivity index (χ1) is 12.7. The molecule has 5 nitrogen and oxygen atoms in total. The Bertz CT molecular complexity index is 811. The number of hydrogen-bond donors (Lipinski definition) is 1. The quantitative estimate of drug-likeness (QED) is 0.828. The van der Waals surface area contributed by atoms with Crippen molar-refractivity contribution < 1.29 is 19.4 Å². The van der Waals surface area contributed by atoms with Crippen molar-refractivity contribution in [1.29, 1.82) is 0 Å². The number of amides is 1. The molecule has 1 saturated heterocycles.